The van der Waals surface area contributed by atoms with Gasteiger partial charge in [-0.15, -0.1) is 11.8 Å². The monoisotopic (exact) mass is 1740 g/mol. The molecule has 1 aliphatic heterocycles. The van der Waals surface area contributed by atoms with E-state index >= 15 is 28.8 Å². The number of para-hydroxylation sites is 1. The highest BCUT2D eigenvalue weighted by Gasteiger charge is 2.42. The number of thioether (sulfide) groups is 1. The van der Waals surface area contributed by atoms with Crippen molar-refractivity contribution in [1.29, 1.82) is 0 Å². The molecular formula is C90H120N16O18S. The number of carbonyl (C=O) groups is 16. The molecule has 34 nitrogen and oxygen atoms in total. The fourth-order valence-corrected chi connectivity index (χ4v) is 15.4. The second-order valence-electron chi connectivity index (χ2n) is 32.8. The van der Waals surface area contributed by atoms with Gasteiger partial charge in [0.15, 0.2) is 0 Å². The molecule has 674 valence electrons. The van der Waals surface area contributed by atoms with Crippen LogP contribution >= 0.6 is 11.8 Å². The number of phenols is 1. The summed E-state index contributed by atoms with van der Waals surface area (Å²) >= 11 is 0.837. The number of nitrogens with zero attached hydrogens (tertiary/aromatic N) is 5. The molecule has 0 spiro atoms. The minimum atomic E-state index is -1.88. The van der Waals surface area contributed by atoms with Gasteiger partial charge in [0.05, 0.1) is 31.8 Å². The third-order valence-corrected chi connectivity index (χ3v) is 22.4. The fourth-order valence-electron chi connectivity index (χ4n) is 14.6. The summed E-state index contributed by atoms with van der Waals surface area (Å²) in [4.78, 5) is 242. The fraction of sp³-hybridized carbons (Fsp3) is 0.467. The molecule has 0 unspecified atom stereocenters. The van der Waals surface area contributed by atoms with Crippen LogP contribution in [0.2, 0.25) is 0 Å². The maximum atomic E-state index is 15.5. The lowest BCUT2D eigenvalue weighted by molar-refractivity contribution is -0.151. The maximum Gasteiger partial charge on any atom is 0.305 e. The summed E-state index contributed by atoms with van der Waals surface area (Å²) in [5.74, 6) is -17.0. The Morgan fingerprint density at radius 3 is 1.50 bits per heavy atom. The van der Waals surface area contributed by atoms with E-state index in [4.69, 9.17) is 5.73 Å². The van der Waals surface area contributed by atoms with Crippen LogP contribution in [-0.2, 0) is 109 Å². The number of phenolic OH excluding ortho intramolecular Hbond substituents is 1. The molecular weight excluding hydrogens is 1630 g/mol. The number of amides is 15. The quantitative estimate of drug-likeness (QED) is 0.0438. The number of aromatic nitrogens is 1. The zero-order chi connectivity index (χ0) is 91.9. The number of rotatable bonds is 23. The third kappa shape index (κ3) is 30.7. The van der Waals surface area contributed by atoms with Crippen LogP contribution in [0.3, 0.4) is 0 Å². The standard InChI is InChI=1S/C90H120N16O18S/c1-13-14-34-71-88(122)103(9)50-76(110)95-67(46-78(112)113)84(118)101-79(55(6)7)90(124)105(11)72(43-57-28-20-16-21-29-57)85(119)99-68(40-54(4)5)86(120)102(8)49-75(109)94-66(45-60-47-92-63-33-25-24-32-62(60)63)83(117)98-65(41-59-35-37-61(107)38-36-59)82(116)97-64(39-53(2)3)81(115)100-70(80(114)93-48-74(91)108)51-125-52-77(111)96-69(42-56-26-18-15-19-27-56)87(121)106(12)73(89(123)104(71)10)44-58-30-22-17-23-31-58/h15-33,35-38,47,53-55,64-73,79,92,107H,13-14,34,39-46,48-52H2,1-12H3,(H2,91,108)(H,93,114)(H,94,109)(H,95,110)(H,96,111)(H,97,116)(H,98,117)(H,99,119)(H,100,115)(H,101,118)(H,112,113)/t64-,65-,66-,67-,68-,69-,70-,71-,72-,73-,79-/m0/s1. The SMILES string of the molecule is CCCC[C@H]1C(=O)N(C)CC(=O)N[C@@H](CC(=O)O)C(=O)N[C@@H](C(C)C)C(=O)N(C)[C@@H](Cc2ccccc2)C(=O)N[C@@H](CC(C)C)C(=O)N(C)CC(=O)N[C@@H](Cc2c[nH]c3ccccc23)C(=O)N[C@@H](Cc2ccc(O)cc2)C(=O)N[C@@H](CC(C)C)C(=O)N[C@H](C(=O)NCC(N)=O)CSCC(=O)N[C@@H](Cc2ccccc2)C(=O)N(C)[C@@H](Cc2ccccc2)C(=O)N1C. The second-order valence-corrected chi connectivity index (χ2v) is 33.9. The smallest absolute Gasteiger partial charge is 0.305 e. The molecule has 14 N–H and O–H groups in total. The maximum absolute atomic E-state index is 15.5. The molecule has 0 saturated carbocycles. The zero-order valence-corrected chi connectivity index (χ0v) is 73.7. The minimum Gasteiger partial charge on any atom is -0.508 e. The molecule has 0 aliphatic carbocycles. The molecule has 2 heterocycles. The molecule has 1 saturated heterocycles. The Hall–Kier alpha value is -12.7. The van der Waals surface area contributed by atoms with Crippen molar-refractivity contribution in [3.05, 3.63) is 174 Å². The molecule has 6 aromatic rings. The average molecular weight is 1750 g/mol. The highest BCUT2D eigenvalue weighted by Crippen LogP contribution is 2.24. The van der Waals surface area contributed by atoms with Crippen LogP contribution in [0.4, 0.5) is 0 Å². The number of aromatic amines is 1. The van der Waals surface area contributed by atoms with Crippen molar-refractivity contribution in [2.75, 3.05) is 66.4 Å². The van der Waals surface area contributed by atoms with Crippen molar-refractivity contribution >= 4 is 117 Å². The summed E-state index contributed by atoms with van der Waals surface area (Å²) in [6.07, 6.45) is 0.590. The number of carboxylic acid groups (broad SMARTS) is 1. The largest absolute Gasteiger partial charge is 0.508 e. The topological polar surface area (TPSA) is 480 Å². The van der Waals surface area contributed by atoms with E-state index in [1.807, 2.05) is 6.92 Å². The van der Waals surface area contributed by atoms with Crippen molar-refractivity contribution in [1.82, 2.24) is 77.3 Å². The van der Waals surface area contributed by atoms with Gasteiger partial charge >= 0.3 is 5.97 Å². The number of nitrogens with two attached hydrogens (primary N) is 1. The number of likely N-dealkylation sites (N-methyl/N-ethyl adjacent to an activating group) is 5. The van der Waals surface area contributed by atoms with Gasteiger partial charge in [-0.25, -0.2) is 0 Å². The molecule has 125 heavy (non-hydrogen) atoms. The van der Waals surface area contributed by atoms with E-state index in [1.54, 1.807) is 163 Å². The van der Waals surface area contributed by atoms with Crippen LogP contribution in [0.1, 0.15) is 115 Å². The molecule has 11 atom stereocenters. The molecule has 0 radical (unpaired) electrons. The summed E-state index contributed by atoms with van der Waals surface area (Å²) in [5.41, 5.74) is 8.83. The summed E-state index contributed by atoms with van der Waals surface area (Å²) in [6, 6.07) is 22.3. The van der Waals surface area contributed by atoms with Crippen molar-refractivity contribution in [2.45, 2.75) is 186 Å². The van der Waals surface area contributed by atoms with Gasteiger partial charge in [0.1, 0.15) is 72.2 Å². The zero-order valence-electron chi connectivity index (χ0n) is 72.9. The number of aromatic hydroxyl groups is 1. The van der Waals surface area contributed by atoms with Gasteiger partial charge in [-0.1, -0.05) is 183 Å². The Kier molecular flexibility index (Phi) is 38.5. The minimum absolute atomic E-state index is 0.0113. The Labute approximate surface area is 732 Å². The number of unbranched alkanes of at least 4 members (excludes halogenated alkanes) is 1. The number of hydrogen-bond donors (Lipinski definition) is 13. The number of fused-ring (bicyclic) bond motifs is 1. The van der Waals surface area contributed by atoms with Gasteiger partial charge in [0, 0.05) is 90.2 Å². The van der Waals surface area contributed by atoms with E-state index in [1.165, 1.54) is 69.3 Å². The Morgan fingerprint density at radius 1 is 0.472 bits per heavy atom. The Balaban J connectivity index is 1.32. The van der Waals surface area contributed by atoms with Gasteiger partial charge in [-0.05, 0) is 83.0 Å². The van der Waals surface area contributed by atoms with Crippen LogP contribution in [-0.4, -0.2) is 267 Å². The first-order valence-corrected chi connectivity index (χ1v) is 43.0. The number of benzene rings is 5. The number of H-pyrrole nitrogens is 1. The van der Waals surface area contributed by atoms with E-state index in [9.17, 15) is 58.2 Å². The van der Waals surface area contributed by atoms with Gasteiger partial charge in [0.2, 0.25) is 88.6 Å². The molecule has 5 aromatic carbocycles. The van der Waals surface area contributed by atoms with Crippen molar-refractivity contribution in [2.24, 2.45) is 23.5 Å². The molecule has 0 bridgehead atoms. The molecule has 7 rings (SSSR count). The molecule has 35 heteroatoms. The van der Waals surface area contributed by atoms with Gasteiger partial charge in [-0.3, -0.25) is 76.7 Å². The van der Waals surface area contributed by atoms with Crippen LogP contribution in [0, 0.1) is 17.8 Å². The lowest BCUT2D eigenvalue weighted by Gasteiger charge is -2.37. The summed E-state index contributed by atoms with van der Waals surface area (Å²) in [7, 11) is 6.63. The van der Waals surface area contributed by atoms with Crippen LogP contribution in [0.25, 0.3) is 10.9 Å². The average Bonchev–Trinajstić information content (AvgIpc) is 1.80. The predicted molar refractivity (Wildman–Crippen MR) is 470 cm³/mol. The first-order valence-electron chi connectivity index (χ1n) is 41.8. The van der Waals surface area contributed by atoms with Gasteiger partial charge < -0.3 is 93.3 Å². The molecule has 15 amide bonds. The highest BCUT2D eigenvalue weighted by molar-refractivity contribution is 8.00. The van der Waals surface area contributed by atoms with E-state index in [2.05, 4.69) is 52.8 Å². The van der Waals surface area contributed by atoms with Crippen molar-refractivity contribution < 1.29 is 86.9 Å². The van der Waals surface area contributed by atoms with E-state index < -0.39 is 199 Å². The number of aliphatic carboxylic acids is 1. The molecule has 1 aliphatic rings. The predicted octanol–water partition coefficient (Wildman–Crippen LogP) is 2.42. The van der Waals surface area contributed by atoms with Crippen molar-refractivity contribution in [3.8, 4) is 5.75 Å². The summed E-state index contributed by atoms with van der Waals surface area (Å²) < 4.78 is 0. The van der Waals surface area contributed by atoms with Gasteiger partial charge in [0.25, 0.3) is 0 Å². The van der Waals surface area contributed by atoms with Crippen LogP contribution in [0.15, 0.2) is 146 Å². The number of hydrogen-bond acceptors (Lipinski definition) is 18. The van der Waals surface area contributed by atoms with E-state index in [-0.39, 0.29) is 74.7 Å². The summed E-state index contributed by atoms with van der Waals surface area (Å²) in [5, 5.41) is 45.3. The molecule has 1 fully saturated rings. The lowest BCUT2D eigenvalue weighted by Crippen LogP contribution is -2.61. The number of carboxylic acids is 1. The number of nitrogens with one attached hydrogen (secondary N) is 10. The summed E-state index contributed by atoms with van der Waals surface area (Å²) in [6.45, 7) is 9.91. The Morgan fingerprint density at radius 2 is 0.936 bits per heavy atom. The molecule has 1 aromatic heterocycles. The second kappa shape index (κ2) is 48.4. The van der Waals surface area contributed by atoms with Crippen molar-refractivity contribution in [3.63, 3.8) is 0 Å². The van der Waals surface area contributed by atoms with Crippen LogP contribution < -0.4 is 53.6 Å². The first kappa shape index (κ1) is 99.4. The lowest BCUT2D eigenvalue weighted by atomic mass is 9.98. The Bertz CT molecular complexity index is 4730. The first-order chi connectivity index (χ1) is 59.3. The van der Waals surface area contributed by atoms with Crippen LogP contribution in [0.5, 0.6) is 5.75 Å². The van der Waals surface area contributed by atoms with Gasteiger partial charge in [-0.2, -0.15) is 0 Å². The third-order valence-electron chi connectivity index (χ3n) is 21.4. The normalized spacial score (nSPS) is 22.3. The van der Waals surface area contributed by atoms with E-state index in [0.717, 1.165) is 26.5 Å². The highest BCUT2D eigenvalue weighted by atomic mass is 32.2. The number of primary amides is 1. The number of carbonyl (C=O) groups excluding carboxylic acids is 15. The van der Waals surface area contributed by atoms with E-state index in [0.29, 0.717) is 51.6 Å².